The highest BCUT2D eigenvalue weighted by atomic mass is 32.2. The lowest BCUT2D eigenvalue weighted by Gasteiger charge is -2.24. The number of thioether (sulfide) groups is 2. The molecule has 0 aliphatic carbocycles. The summed E-state index contributed by atoms with van der Waals surface area (Å²) >= 11 is 4.92. The Hall–Kier alpha value is -2.03. The van der Waals surface area contributed by atoms with Crippen LogP contribution in [0.25, 0.3) is 11.3 Å². The molecular formula is C23H27N5S3. The van der Waals surface area contributed by atoms with Crippen LogP contribution in [0.4, 0.5) is 0 Å². The molecule has 0 amide bonds. The van der Waals surface area contributed by atoms with Gasteiger partial charge in [0.05, 0.1) is 24.1 Å². The van der Waals surface area contributed by atoms with Crippen molar-refractivity contribution in [2.24, 2.45) is 5.73 Å². The number of amidine groups is 1. The molecule has 1 aliphatic rings. The van der Waals surface area contributed by atoms with E-state index < -0.39 is 4.75 Å². The van der Waals surface area contributed by atoms with Gasteiger partial charge in [0.25, 0.3) is 0 Å². The van der Waals surface area contributed by atoms with E-state index in [0.717, 1.165) is 28.5 Å². The summed E-state index contributed by atoms with van der Waals surface area (Å²) in [5.41, 5.74) is 10.3. The average molecular weight is 470 g/mol. The summed E-state index contributed by atoms with van der Waals surface area (Å²) in [4.78, 5) is 5.00. The molecule has 31 heavy (non-hydrogen) atoms. The van der Waals surface area contributed by atoms with E-state index in [9.17, 15) is 0 Å². The van der Waals surface area contributed by atoms with Crippen LogP contribution in [-0.4, -0.2) is 26.9 Å². The van der Waals surface area contributed by atoms with Gasteiger partial charge in [0.2, 0.25) is 0 Å². The Morgan fingerprint density at radius 3 is 2.65 bits per heavy atom. The molecule has 4 rings (SSSR count). The van der Waals surface area contributed by atoms with E-state index in [4.69, 9.17) is 21.2 Å². The Morgan fingerprint density at radius 1 is 1.29 bits per heavy atom. The summed E-state index contributed by atoms with van der Waals surface area (Å²) in [6, 6.07) is 10.4. The summed E-state index contributed by atoms with van der Waals surface area (Å²) in [6.45, 7) is 7.35. The summed E-state index contributed by atoms with van der Waals surface area (Å²) in [5.74, 6) is 0.162. The first-order chi connectivity index (χ1) is 14.7. The molecule has 0 fully saturated rings. The van der Waals surface area contributed by atoms with Gasteiger partial charge in [-0.15, -0.1) is 23.1 Å². The molecule has 1 aliphatic heterocycles. The van der Waals surface area contributed by atoms with Gasteiger partial charge in [0.1, 0.15) is 15.6 Å². The number of benzene rings is 1. The van der Waals surface area contributed by atoms with Crippen LogP contribution < -0.4 is 5.73 Å². The van der Waals surface area contributed by atoms with Gasteiger partial charge in [0.15, 0.2) is 0 Å². The van der Waals surface area contributed by atoms with Gasteiger partial charge in [-0.05, 0) is 18.2 Å². The van der Waals surface area contributed by atoms with Gasteiger partial charge < -0.3 is 5.73 Å². The molecule has 162 valence electrons. The van der Waals surface area contributed by atoms with Crippen molar-refractivity contribution in [3.8, 4) is 11.3 Å². The highest BCUT2D eigenvalue weighted by Crippen LogP contribution is 2.53. The number of allylic oxidation sites excluding steroid dienone is 1. The van der Waals surface area contributed by atoms with Crippen LogP contribution in [0.1, 0.15) is 43.5 Å². The van der Waals surface area contributed by atoms with Crippen molar-refractivity contribution < 1.29 is 0 Å². The molecule has 0 spiro atoms. The Labute approximate surface area is 196 Å². The van der Waals surface area contributed by atoms with Crippen molar-refractivity contribution in [1.82, 2.24) is 14.8 Å². The van der Waals surface area contributed by atoms with Crippen LogP contribution in [0.2, 0.25) is 0 Å². The first-order valence-corrected chi connectivity index (χ1v) is 13.0. The van der Waals surface area contributed by atoms with Gasteiger partial charge >= 0.3 is 0 Å². The van der Waals surface area contributed by atoms with Crippen molar-refractivity contribution >= 4 is 40.7 Å². The van der Waals surface area contributed by atoms with Crippen LogP contribution in [0.3, 0.4) is 0 Å². The molecule has 1 unspecified atom stereocenters. The lowest BCUT2D eigenvalue weighted by molar-refractivity contribution is 0.507. The smallest absolute Gasteiger partial charge is 0.132 e. The Kier molecular flexibility index (Phi) is 6.07. The molecule has 3 N–H and O–H groups in total. The normalized spacial score (nSPS) is 18.9. The maximum absolute atomic E-state index is 8.29. The summed E-state index contributed by atoms with van der Waals surface area (Å²) < 4.78 is 2.68. The summed E-state index contributed by atoms with van der Waals surface area (Å²) in [6.07, 6.45) is 6.85. The molecule has 5 nitrogen and oxygen atoms in total. The van der Waals surface area contributed by atoms with Gasteiger partial charge in [-0.1, -0.05) is 68.9 Å². The van der Waals surface area contributed by atoms with Crippen LogP contribution >= 0.6 is 34.9 Å². The van der Waals surface area contributed by atoms with E-state index in [1.54, 1.807) is 34.9 Å². The largest absolute Gasteiger partial charge is 0.386 e. The number of nitrogens with zero attached hydrogens (tertiary/aromatic N) is 3. The minimum absolute atomic E-state index is 0.0989. The second kappa shape index (κ2) is 8.48. The maximum atomic E-state index is 8.29. The molecule has 1 atom stereocenters. The quantitative estimate of drug-likeness (QED) is 0.351. The number of nitrogens with one attached hydrogen (secondary N) is 1. The number of rotatable bonds is 6. The van der Waals surface area contributed by atoms with Crippen molar-refractivity contribution in [2.75, 3.05) is 6.26 Å². The first-order valence-electron chi connectivity index (χ1n) is 10.1. The van der Waals surface area contributed by atoms with E-state index in [0.29, 0.717) is 6.42 Å². The van der Waals surface area contributed by atoms with Crippen molar-refractivity contribution in [1.29, 1.82) is 5.41 Å². The zero-order valence-electron chi connectivity index (χ0n) is 18.2. The van der Waals surface area contributed by atoms with Crippen LogP contribution in [-0.2, 0) is 16.7 Å². The average Bonchev–Trinajstić information content (AvgIpc) is 3.46. The minimum Gasteiger partial charge on any atom is -0.386 e. The molecular weight excluding hydrogens is 442 g/mol. The van der Waals surface area contributed by atoms with E-state index in [2.05, 4.69) is 67.4 Å². The molecule has 0 saturated heterocycles. The SMILES string of the molecule is CSC1=CCC(C(=N)N)(c2nc(-c3cnn(Cc4ccccc4)c3C(C)(C)C)cs2)S1. The third kappa shape index (κ3) is 4.21. The third-order valence-electron chi connectivity index (χ3n) is 5.32. The first kappa shape index (κ1) is 22.2. The second-order valence-electron chi connectivity index (χ2n) is 8.61. The lowest BCUT2D eigenvalue weighted by atomic mass is 9.88. The maximum Gasteiger partial charge on any atom is 0.132 e. The molecule has 2 aromatic heterocycles. The highest BCUT2D eigenvalue weighted by Gasteiger charge is 2.43. The van der Waals surface area contributed by atoms with Gasteiger partial charge in [-0.2, -0.15) is 5.10 Å². The highest BCUT2D eigenvalue weighted by molar-refractivity contribution is 8.22. The molecule has 0 saturated carbocycles. The van der Waals surface area contributed by atoms with Crippen molar-refractivity contribution in [3.05, 3.63) is 68.5 Å². The lowest BCUT2D eigenvalue weighted by Crippen LogP contribution is -2.35. The number of aromatic nitrogens is 3. The molecule has 1 aromatic carbocycles. The second-order valence-corrected chi connectivity index (χ2v) is 11.9. The van der Waals surface area contributed by atoms with Gasteiger partial charge in [-0.25, -0.2) is 4.98 Å². The Balaban J connectivity index is 1.73. The molecule has 0 bridgehead atoms. The molecule has 8 heteroatoms. The number of hydrogen-bond donors (Lipinski definition) is 2. The number of nitrogens with two attached hydrogens (primary N) is 1. The monoisotopic (exact) mass is 469 g/mol. The fraction of sp³-hybridized carbons (Fsp3) is 0.348. The Bertz CT molecular complexity index is 1120. The standard InChI is InChI=1S/C23H27N5S3/c1-22(2,3)19-16(12-26-28(19)13-15-8-6-5-7-9-15)17-14-30-21(27-17)23(20(24)25)11-10-18(29-4)31-23/h5-10,12,14H,11,13H2,1-4H3,(H3,24,25). The third-order valence-corrected chi connectivity index (χ3v) is 9.07. The Morgan fingerprint density at radius 2 is 2.03 bits per heavy atom. The molecule has 0 radical (unpaired) electrons. The number of thiazole rings is 1. The van der Waals surface area contributed by atoms with Gasteiger partial charge in [0, 0.05) is 20.6 Å². The predicted octanol–water partition coefficient (Wildman–Crippen LogP) is 5.82. The molecule has 3 aromatic rings. The van der Waals surface area contributed by atoms with Crippen LogP contribution in [0, 0.1) is 5.41 Å². The fourth-order valence-corrected chi connectivity index (χ4v) is 6.98. The van der Waals surface area contributed by atoms with Gasteiger partial charge in [-0.3, -0.25) is 10.1 Å². The van der Waals surface area contributed by atoms with E-state index in [1.807, 2.05) is 12.3 Å². The minimum atomic E-state index is -0.594. The van der Waals surface area contributed by atoms with Crippen molar-refractivity contribution in [2.45, 2.75) is 43.9 Å². The summed E-state index contributed by atoms with van der Waals surface area (Å²) in [7, 11) is 0. The van der Waals surface area contributed by atoms with Crippen LogP contribution in [0.15, 0.2) is 52.2 Å². The van der Waals surface area contributed by atoms with E-state index in [-0.39, 0.29) is 11.3 Å². The topological polar surface area (TPSA) is 80.6 Å². The van der Waals surface area contributed by atoms with Crippen LogP contribution in [0.5, 0.6) is 0 Å². The fourth-order valence-electron chi connectivity index (χ4n) is 3.84. The predicted molar refractivity (Wildman–Crippen MR) is 135 cm³/mol. The zero-order chi connectivity index (χ0) is 22.2. The zero-order valence-corrected chi connectivity index (χ0v) is 20.6. The molecule has 3 heterocycles. The van der Waals surface area contributed by atoms with E-state index >= 15 is 0 Å². The summed E-state index contributed by atoms with van der Waals surface area (Å²) in [5, 5.41) is 16.0. The van der Waals surface area contributed by atoms with Crippen molar-refractivity contribution in [3.63, 3.8) is 0 Å². The number of hydrogen-bond acceptors (Lipinski definition) is 6. The van der Waals surface area contributed by atoms with E-state index in [1.165, 1.54) is 9.80 Å².